The van der Waals surface area contributed by atoms with E-state index in [9.17, 15) is 14.8 Å². The van der Waals surface area contributed by atoms with Gasteiger partial charge in [0.25, 0.3) is 5.69 Å². The SMILES string of the molecule is CCOC(=O)c1nn[n+]([O-])cc1[C@@H]1C[C@H](CC(=O)OC)C1(C)C. The molecule has 126 valence electrons. The van der Waals surface area contributed by atoms with Crippen LogP contribution in [0.15, 0.2) is 6.20 Å². The molecule has 0 radical (unpaired) electrons. The molecule has 23 heavy (non-hydrogen) atoms. The van der Waals surface area contributed by atoms with Crippen LogP contribution in [-0.4, -0.2) is 36.0 Å². The summed E-state index contributed by atoms with van der Waals surface area (Å²) in [6.07, 6.45) is 2.24. The number of aromatic nitrogens is 3. The first kappa shape index (κ1) is 17.1. The van der Waals surface area contributed by atoms with Gasteiger partial charge in [-0.05, 0) is 30.6 Å². The van der Waals surface area contributed by atoms with E-state index in [1.54, 1.807) is 6.92 Å². The zero-order chi connectivity index (χ0) is 17.2. The van der Waals surface area contributed by atoms with Gasteiger partial charge in [-0.3, -0.25) is 4.79 Å². The predicted molar refractivity (Wildman–Crippen MR) is 78.2 cm³/mol. The topological polar surface area (TPSA) is 105 Å². The van der Waals surface area contributed by atoms with Crippen molar-refractivity contribution in [1.82, 2.24) is 10.3 Å². The van der Waals surface area contributed by atoms with E-state index in [-0.39, 0.29) is 35.5 Å². The lowest BCUT2D eigenvalue weighted by Gasteiger charge is -2.51. The van der Waals surface area contributed by atoms with Crippen LogP contribution < -0.4 is 4.85 Å². The standard InChI is InChI=1S/C15H21N3O5/c1-5-23-14(20)13-10(8-18(21)17-16-13)11-6-9(15(11,2)3)7-12(19)22-4/h8-9,11H,5-7H2,1-4H3/t9-,11+/m1/s1. The van der Waals surface area contributed by atoms with Gasteiger partial charge in [-0.1, -0.05) is 13.8 Å². The first-order valence-corrected chi connectivity index (χ1v) is 7.52. The number of hydrogen-bond acceptors (Lipinski definition) is 7. The second-order valence-corrected chi connectivity index (χ2v) is 6.23. The van der Waals surface area contributed by atoms with Gasteiger partial charge in [0, 0.05) is 6.42 Å². The summed E-state index contributed by atoms with van der Waals surface area (Å²) in [6.45, 7) is 5.91. The van der Waals surface area contributed by atoms with E-state index in [1.165, 1.54) is 13.3 Å². The molecule has 1 heterocycles. The largest absolute Gasteiger partial charge is 0.691 e. The van der Waals surface area contributed by atoms with Crippen LogP contribution in [0.25, 0.3) is 0 Å². The Morgan fingerprint density at radius 2 is 2.17 bits per heavy atom. The summed E-state index contributed by atoms with van der Waals surface area (Å²) < 4.78 is 9.69. The molecule has 2 rings (SSSR count). The van der Waals surface area contributed by atoms with Crippen molar-refractivity contribution < 1.29 is 23.9 Å². The van der Waals surface area contributed by atoms with Crippen molar-refractivity contribution in [1.29, 1.82) is 0 Å². The molecule has 1 aliphatic rings. The highest BCUT2D eigenvalue weighted by Gasteiger charge is 2.52. The Labute approximate surface area is 134 Å². The third-order valence-corrected chi connectivity index (χ3v) is 4.71. The van der Waals surface area contributed by atoms with E-state index in [4.69, 9.17) is 9.47 Å². The lowest BCUT2D eigenvalue weighted by Crippen LogP contribution is -2.46. The van der Waals surface area contributed by atoms with Crippen molar-refractivity contribution in [3.63, 3.8) is 0 Å². The van der Waals surface area contributed by atoms with Gasteiger partial charge < -0.3 is 14.7 Å². The van der Waals surface area contributed by atoms with Crippen molar-refractivity contribution in [3.8, 4) is 0 Å². The normalized spacial score (nSPS) is 22.1. The molecule has 0 aromatic carbocycles. The number of nitrogens with zero attached hydrogens (tertiary/aromatic N) is 3. The summed E-state index contributed by atoms with van der Waals surface area (Å²) in [7, 11) is 1.36. The number of methoxy groups -OCH3 is 1. The minimum Gasteiger partial charge on any atom is -0.691 e. The third kappa shape index (κ3) is 3.25. The fraction of sp³-hybridized carbons (Fsp3) is 0.667. The minimum absolute atomic E-state index is 0.0635. The molecule has 1 aliphatic carbocycles. The third-order valence-electron chi connectivity index (χ3n) is 4.71. The van der Waals surface area contributed by atoms with Crippen LogP contribution in [0.2, 0.25) is 0 Å². The van der Waals surface area contributed by atoms with Crippen molar-refractivity contribution in [2.75, 3.05) is 13.7 Å². The molecule has 0 N–H and O–H groups in total. The average Bonchev–Trinajstić information content (AvgIpc) is 2.50. The highest BCUT2D eigenvalue weighted by atomic mass is 16.5. The number of hydrogen-bond donors (Lipinski definition) is 0. The predicted octanol–water partition coefficient (Wildman–Crippen LogP) is 0.979. The molecule has 2 atom stereocenters. The summed E-state index contributed by atoms with van der Waals surface area (Å²) in [5, 5.41) is 18.6. The van der Waals surface area contributed by atoms with Crippen LogP contribution in [0, 0.1) is 16.5 Å². The Morgan fingerprint density at radius 3 is 2.74 bits per heavy atom. The maximum absolute atomic E-state index is 12.0. The lowest BCUT2D eigenvalue weighted by molar-refractivity contribution is -0.675. The van der Waals surface area contributed by atoms with Crippen molar-refractivity contribution in [3.05, 3.63) is 22.7 Å². The van der Waals surface area contributed by atoms with Gasteiger partial charge >= 0.3 is 11.9 Å². The molecule has 0 saturated heterocycles. The molecule has 0 amide bonds. The highest BCUT2D eigenvalue weighted by molar-refractivity contribution is 5.88. The van der Waals surface area contributed by atoms with Gasteiger partial charge in [-0.25, -0.2) is 4.79 Å². The molecule has 8 heteroatoms. The number of carbonyl (C=O) groups is 2. The van der Waals surface area contributed by atoms with E-state index >= 15 is 0 Å². The molecule has 0 bridgehead atoms. The summed E-state index contributed by atoms with van der Waals surface area (Å²) in [5.74, 6) is -0.822. The van der Waals surface area contributed by atoms with Crippen LogP contribution in [-0.2, 0) is 14.3 Å². The smallest absolute Gasteiger partial charge is 0.386 e. The molecule has 1 aromatic rings. The molecule has 1 aromatic heterocycles. The van der Waals surface area contributed by atoms with Gasteiger partial charge in [-0.2, -0.15) is 0 Å². The maximum Gasteiger partial charge on any atom is 0.386 e. The Bertz CT molecular complexity index is 617. The van der Waals surface area contributed by atoms with E-state index in [0.717, 1.165) is 0 Å². The number of ether oxygens (including phenoxy) is 2. The number of esters is 2. The molecule has 0 spiro atoms. The Kier molecular flexibility index (Phi) is 4.82. The average molecular weight is 323 g/mol. The second-order valence-electron chi connectivity index (χ2n) is 6.23. The molecule has 0 aliphatic heterocycles. The second kappa shape index (κ2) is 6.47. The van der Waals surface area contributed by atoms with Crippen LogP contribution in [0.3, 0.4) is 0 Å². The molecular formula is C15H21N3O5. The summed E-state index contributed by atoms with van der Waals surface area (Å²) >= 11 is 0. The lowest BCUT2D eigenvalue weighted by atomic mass is 9.52. The van der Waals surface area contributed by atoms with Crippen LogP contribution in [0.4, 0.5) is 0 Å². The number of rotatable bonds is 5. The van der Waals surface area contributed by atoms with Crippen molar-refractivity contribution in [2.24, 2.45) is 11.3 Å². The van der Waals surface area contributed by atoms with E-state index < -0.39 is 5.97 Å². The molecule has 1 fully saturated rings. The molecule has 8 nitrogen and oxygen atoms in total. The molecule has 0 unspecified atom stereocenters. The summed E-state index contributed by atoms with van der Waals surface area (Å²) in [4.78, 5) is 23.9. The van der Waals surface area contributed by atoms with Gasteiger partial charge in [0.1, 0.15) is 11.4 Å². The van der Waals surface area contributed by atoms with E-state index in [0.29, 0.717) is 23.3 Å². The van der Waals surface area contributed by atoms with Crippen LogP contribution in [0.1, 0.15) is 55.6 Å². The highest BCUT2D eigenvalue weighted by Crippen LogP contribution is 2.58. The van der Waals surface area contributed by atoms with Gasteiger partial charge in [0.05, 0.1) is 24.4 Å². The molecule has 1 saturated carbocycles. The Balaban J connectivity index is 2.27. The fourth-order valence-electron chi connectivity index (χ4n) is 3.14. The van der Waals surface area contributed by atoms with Crippen molar-refractivity contribution >= 4 is 11.9 Å². The van der Waals surface area contributed by atoms with Crippen molar-refractivity contribution in [2.45, 2.75) is 39.5 Å². The monoisotopic (exact) mass is 323 g/mol. The zero-order valence-electron chi connectivity index (χ0n) is 13.7. The van der Waals surface area contributed by atoms with Gasteiger partial charge in [0.15, 0.2) is 0 Å². The van der Waals surface area contributed by atoms with Crippen LogP contribution in [0.5, 0.6) is 0 Å². The Morgan fingerprint density at radius 1 is 1.48 bits per heavy atom. The summed E-state index contributed by atoms with van der Waals surface area (Å²) in [5.41, 5.74) is 0.305. The van der Waals surface area contributed by atoms with Gasteiger partial charge in [-0.15, -0.1) is 4.85 Å². The zero-order valence-corrected chi connectivity index (χ0v) is 13.7. The quantitative estimate of drug-likeness (QED) is 0.452. The molecular weight excluding hydrogens is 302 g/mol. The fourth-order valence-corrected chi connectivity index (χ4v) is 3.14. The van der Waals surface area contributed by atoms with Gasteiger partial charge in [0.2, 0.25) is 0 Å². The van der Waals surface area contributed by atoms with Crippen LogP contribution >= 0.6 is 0 Å². The Hall–Kier alpha value is -2.25. The minimum atomic E-state index is -0.595. The van der Waals surface area contributed by atoms with E-state index in [2.05, 4.69) is 10.3 Å². The van der Waals surface area contributed by atoms with E-state index in [1.807, 2.05) is 13.8 Å². The maximum atomic E-state index is 12.0. The first-order valence-electron chi connectivity index (χ1n) is 7.52. The summed E-state index contributed by atoms with van der Waals surface area (Å²) in [6, 6.07) is 0. The first-order chi connectivity index (χ1) is 10.8. The number of carbonyl (C=O) groups excluding carboxylic acids is 2.